The summed E-state index contributed by atoms with van der Waals surface area (Å²) in [6.45, 7) is 4.47. The van der Waals surface area contributed by atoms with Crippen LogP contribution in [0.25, 0.3) is 11.0 Å². The molecule has 0 aromatic carbocycles. The van der Waals surface area contributed by atoms with Gasteiger partial charge in [0, 0.05) is 24.3 Å². The molecular formula is C9H9N3. The molecule has 2 aromatic rings. The Hall–Kier alpha value is -1.64. The van der Waals surface area contributed by atoms with Gasteiger partial charge >= 0.3 is 0 Å². The summed E-state index contributed by atoms with van der Waals surface area (Å²) in [5, 5.41) is 1.07. The highest BCUT2D eigenvalue weighted by Crippen LogP contribution is 2.10. The second-order valence-electron chi connectivity index (χ2n) is 2.56. The topological polar surface area (TPSA) is 30.7 Å². The van der Waals surface area contributed by atoms with Crippen molar-refractivity contribution in [2.24, 2.45) is 0 Å². The van der Waals surface area contributed by atoms with Crippen molar-refractivity contribution in [3.63, 3.8) is 0 Å². The van der Waals surface area contributed by atoms with E-state index in [1.165, 1.54) is 0 Å². The van der Waals surface area contributed by atoms with Crippen LogP contribution in [0.4, 0.5) is 0 Å². The number of aromatic nitrogens is 3. The molecule has 12 heavy (non-hydrogen) atoms. The van der Waals surface area contributed by atoms with E-state index in [2.05, 4.69) is 16.5 Å². The van der Waals surface area contributed by atoms with Gasteiger partial charge in [-0.1, -0.05) is 6.08 Å². The number of hydrogen-bond acceptors (Lipinski definition) is 2. The Bertz CT molecular complexity index is 403. The molecule has 0 saturated heterocycles. The summed E-state index contributed by atoms with van der Waals surface area (Å²) < 4.78 is 2.03. The van der Waals surface area contributed by atoms with Crippen molar-refractivity contribution in [3.8, 4) is 0 Å². The molecule has 3 heteroatoms. The van der Waals surface area contributed by atoms with Crippen molar-refractivity contribution in [2.75, 3.05) is 0 Å². The molecule has 0 amide bonds. The molecule has 0 N–H and O–H groups in total. The summed E-state index contributed by atoms with van der Waals surface area (Å²) in [5.41, 5.74) is 0.963. The van der Waals surface area contributed by atoms with Crippen LogP contribution >= 0.6 is 0 Å². The minimum absolute atomic E-state index is 0.792. The molecule has 0 atom stereocenters. The van der Waals surface area contributed by atoms with E-state index in [4.69, 9.17) is 0 Å². The van der Waals surface area contributed by atoms with Crippen LogP contribution in [0.3, 0.4) is 0 Å². The number of fused-ring (bicyclic) bond motifs is 1. The second-order valence-corrected chi connectivity index (χ2v) is 2.56. The zero-order valence-corrected chi connectivity index (χ0v) is 6.64. The zero-order chi connectivity index (χ0) is 8.39. The highest BCUT2D eigenvalue weighted by molar-refractivity contribution is 5.74. The Balaban J connectivity index is 2.62. The highest BCUT2D eigenvalue weighted by atomic mass is 15.0. The molecular weight excluding hydrogens is 150 g/mol. The van der Waals surface area contributed by atoms with Crippen molar-refractivity contribution < 1.29 is 0 Å². The van der Waals surface area contributed by atoms with Crippen molar-refractivity contribution in [2.45, 2.75) is 6.54 Å². The van der Waals surface area contributed by atoms with Crippen molar-refractivity contribution >= 4 is 11.0 Å². The van der Waals surface area contributed by atoms with E-state index in [9.17, 15) is 0 Å². The average Bonchev–Trinajstić information content (AvgIpc) is 2.50. The Labute approximate surface area is 70.4 Å². The van der Waals surface area contributed by atoms with E-state index in [0.29, 0.717) is 0 Å². The average molecular weight is 159 g/mol. The Morgan fingerprint density at radius 3 is 3.33 bits per heavy atom. The summed E-state index contributed by atoms with van der Waals surface area (Å²) >= 11 is 0. The first kappa shape index (κ1) is 7.03. The van der Waals surface area contributed by atoms with E-state index in [1.807, 2.05) is 29.1 Å². The maximum absolute atomic E-state index is 4.16. The molecule has 2 aromatic heterocycles. The van der Waals surface area contributed by atoms with Gasteiger partial charge in [-0.15, -0.1) is 6.58 Å². The first-order valence-electron chi connectivity index (χ1n) is 3.77. The second kappa shape index (κ2) is 2.77. The SMILES string of the molecule is C=CCn1ccc2cncnc21. The third kappa shape index (κ3) is 0.993. The molecule has 0 bridgehead atoms. The van der Waals surface area contributed by atoms with Crippen LogP contribution in [0.2, 0.25) is 0 Å². The lowest BCUT2D eigenvalue weighted by Crippen LogP contribution is -1.93. The molecule has 2 rings (SSSR count). The summed E-state index contributed by atoms with van der Waals surface area (Å²) in [5.74, 6) is 0. The lowest BCUT2D eigenvalue weighted by Gasteiger charge is -1.97. The van der Waals surface area contributed by atoms with Gasteiger partial charge in [0.1, 0.15) is 12.0 Å². The van der Waals surface area contributed by atoms with Gasteiger partial charge < -0.3 is 4.57 Å². The van der Waals surface area contributed by atoms with E-state index in [1.54, 1.807) is 6.33 Å². The Kier molecular flexibility index (Phi) is 1.63. The van der Waals surface area contributed by atoms with Gasteiger partial charge in [-0.05, 0) is 6.07 Å². The van der Waals surface area contributed by atoms with E-state index in [0.717, 1.165) is 17.6 Å². The maximum Gasteiger partial charge on any atom is 0.143 e. The number of hydrogen-bond donors (Lipinski definition) is 0. The molecule has 2 heterocycles. The number of rotatable bonds is 2. The first-order chi connectivity index (χ1) is 5.92. The third-order valence-electron chi connectivity index (χ3n) is 1.75. The van der Waals surface area contributed by atoms with Gasteiger partial charge in [0.2, 0.25) is 0 Å². The summed E-state index contributed by atoms with van der Waals surface area (Å²) in [6, 6.07) is 2.00. The third-order valence-corrected chi connectivity index (χ3v) is 1.75. The number of nitrogens with zero attached hydrogens (tertiary/aromatic N) is 3. The van der Waals surface area contributed by atoms with E-state index in [-0.39, 0.29) is 0 Å². The molecule has 60 valence electrons. The van der Waals surface area contributed by atoms with Gasteiger partial charge in [0.25, 0.3) is 0 Å². The standard InChI is InChI=1S/C9H9N3/c1-2-4-12-5-3-8-6-10-7-11-9(8)12/h2-3,5-7H,1,4H2. The quantitative estimate of drug-likeness (QED) is 0.623. The first-order valence-corrected chi connectivity index (χ1v) is 3.77. The number of allylic oxidation sites excluding steroid dienone is 1. The lowest BCUT2D eigenvalue weighted by atomic mass is 10.4. The molecule has 0 radical (unpaired) electrons. The molecule has 0 aliphatic heterocycles. The molecule has 0 aliphatic carbocycles. The predicted octanol–water partition coefficient (Wildman–Crippen LogP) is 1.62. The van der Waals surface area contributed by atoms with Crippen LogP contribution in [0.5, 0.6) is 0 Å². The van der Waals surface area contributed by atoms with Gasteiger partial charge in [0.05, 0.1) is 0 Å². The smallest absolute Gasteiger partial charge is 0.143 e. The van der Waals surface area contributed by atoms with E-state index < -0.39 is 0 Å². The lowest BCUT2D eigenvalue weighted by molar-refractivity contribution is 0.850. The monoisotopic (exact) mass is 159 g/mol. The van der Waals surface area contributed by atoms with Crippen LogP contribution in [-0.2, 0) is 6.54 Å². The van der Waals surface area contributed by atoms with Crippen LogP contribution in [0.15, 0.2) is 37.4 Å². The van der Waals surface area contributed by atoms with Crippen LogP contribution in [0.1, 0.15) is 0 Å². The van der Waals surface area contributed by atoms with Crippen molar-refractivity contribution in [1.29, 1.82) is 0 Å². The minimum Gasteiger partial charge on any atom is -0.329 e. The van der Waals surface area contributed by atoms with Crippen LogP contribution in [-0.4, -0.2) is 14.5 Å². The summed E-state index contributed by atoms with van der Waals surface area (Å²) in [6.07, 6.45) is 7.20. The molecule has 0 unspecified atom stereocenters. The predicted molar refractivity (Wildman–Crippen MR) is 47.7 cm³/mol. The van der Waals surface area contributed by atoms with Crippen LogP contribution < -0.4 is 0 Å². The highest BCUT2D eigenvalue weighted by Gasteiger charge is 1.98. The maximum atomic E-state index is 4.16. The van der Waals surface area contributed by atoms with Crippen molar-refractivity contribution in [1.82, 2.24) is 14.5 Å². The molecule has 0 saturated carbocycles. The van der Waals surface area contributed by atoms with Gasteiger partial charge in [-0.2, -0.15) is 0 Å². The molecule has 3 nitrogen and oxygen atoms in total. The largest absolute Gasteiger partial charge is 0.329 e. The summed E-state index contributed by atoms with van der Waals surface area (Å²) in [4.78, 5) is 8.10. The normalized spacial score (nSPS) is 10.3. The zero-order valence-electron chi connectivity index (χ0n) is 6.64. The fourth-order valence-electron chi connectivity index (χ4n) is 1.22. The minimum atomic E-state index is 0.792. The fourth-order valence-corrected chi connectivity index (χ4v) is 1.22. The van der Waals surface area contributed by atoms with E-state index >= 15 is 0 Å². The van der Waals surface area contributed by atoms with Gasteiger partial charge in [0.15, 0.2) is 0 Å². The Morgan fingerprint density at radius 2 is 2.50 bits per heavy atom. The van der Waals surface area contributed by atoms with Gasteiger partial charge in [-0.3, -0.25) is 0 Å². The Morgan fingerprint density at radius 1 is 1.58 bits per heavy atom. The summed E-state index contributed by atoms with van der Waals surface area (Å²) in [7, 11) is 0. The van der Waals surface area contributed by atoms with Gasteiger partial charge in [-0.25, -0.2) is 9.97 Å². The molecule has 0 aliphatic rings. The van der Waals surface area contributed by atoms with Crippen molar-refractivity contribution in [3.05, 3.63) is 37.4 Å². The van der Waals surface area contributed by atoms with Crippen LogP contribution in [0, 0.1) is 0 Å². The fraction of sp³-hybridized carbons (Fsp3) is 0.111. The molecule has 0 spiro atoms. The molecule has 0 fully saturated rings.